The van der Waals surface area contributed by atoms with E-state index in [0.29, 0.717) is 0 Å². The summed E-state index contributed by atoms with van der Waals surface area (Å²) in [5.41, 5.74) is -0.534. The van der Waals surface area contributed by atoms with Crippen LogP contribution in [0.4, 0.5) is 8.78 Å². The summed E-state index contributed by atoms with van der Waals surface area (Å²) in [7, 11) is 0. The van der Waals surface area contributed by atoms with Crippen LogP contribution in [-0.4, -0.2) is 16.1 Å². The van der Waals surface area contributed by atoms with Gasteiger partial charge in [-0.25, -0.2) is 8.78 Å². The number of hydrogen-bond acceptors (Lipinski definition) is 2. The molecule has 0 unspecified atom stereocenters. The summed E-state index contributed by atoms with van der Waals surface area (Å²) >= 11 is 11.2. The molecule has 0 fully saturated rings. The summed E-state index contributed by atoms with van der Waals surface area (Å²) in [6.45, 7) is 0. The monoisotopic (exact) mass is 269 g/mol. The Bertz CT molecular complexity index is 413. The first kappa shape index (κ1) is 13.1. The molecule has 7 heteroatoms. The first-order valence-electron chi connectivity index (χ1n) is 4.19. The van der Waals surface area contributed by atoms with Gasteiger partial charge in [0.05, 0.1) is 18.0 Å². The van der Waals surface area contributed by atoms with Crippen LogP contribution in [0.3, 0.4) is 0 Å². The van der Waals surface area contributed by atoms with E-state index in [9.17, 15) is 13.6 Å². The quantitative estimate of drug-likeness (QED) is 0.855. The lowest BCUT2D eigenvalue weighted by molar-refractivity contribution is -0.136. The number of carboxylic acid groups (broad SMARTS) is 1. The number of carboxylic acids is 1. The van der Waals surface area contributed by atoms with Crippen molar-refractivity contribution in [1.82, 2.24) is 4.98 Å². The van der Waals surface area contributed by atoms with Crippen LogP contribution in [0.1, 0.15) is 23.4 Å². The van der Waals surface area contributed by atoms with Crippen LogP contribution in [0, 0.1) is 0 Å². The van der Waals surface area contributed by atoms with Gasteiger partial charge < -0.3 is 5.11 Å². The van der Waals surface area contributed by atoms with Gasteiger partial charge in [0.15, 0.2) is 0 Å². The zero-order valence-electron chi connectivity index (χ0n) is 7.88. The average molecular weight is 270 g/mol. The lowest BCUT2D eigenvalue weighted by Gasteiger charge is -2.09. The second-order valence-electron chi connectivity index (χ2n) is 2.96. The molecule has 1 aromatic rings. The molecule has 0 atom stereocenters. The first-order chi connectivity index (χ1) is 7.45. The molecule has 0 bridgehead atoms. The Labute approximate surface area is 100 Å². The molecule has 0 saturated heterocycles. The maximum Gasteiger partial charge on any atom is 0.309 e. The number of aromatic nitrogens is 1. The van der Waals surface area contributed by atoms with Gasteiger partial charge in [-0.15, -0.1) is 11.6 Å². The van der Waals surface area contributed by atoms with Crippen LogP contribution in [-0.2, 0) is 17.1 Å². The van der Waals surface area contributed by atoms with E-state index in [0.717, 1.165) is 0 Å². The Balaban J connectivity index is 3.22. The zero-order valence-corrected chi connectivity index (χ0v) is 9.40. The smallest absolute Gasteiger partial charge is 0.309 e. The molecule has 3 nitrogen and oxygen atoms in total. The molecule has 0 amide bonds. The molecule has 0 spiro atoms. The van der Waals surface area contributed by atoms with Crippen molar-refractivity contribution >= 4 is 29.2 Å². The molecule has 1 rings (SSSR count). The molecule has 1 heterocycles. The topological polar surface area (TPSA) is 50.2 Å². The summed E-state index contributed by atoms with van der Waals surface area (Å²) in [6.07, 6.45) is -3.29. The molecule has 1 aromatic heterocycles. The predicted octanol–water partition coefficient (Wildman–Crippen LogP) is 3.04. The van der Waals surface area contributed by atoms with Crippen molar-refractivity contribution in [3.63, 3.8) is 0 Å². The van der Waals surface area contributed by atoms with E-state index >= 15 is 0 Å². The molecule has 0 aromatic carbocycles. The number of hydrogen-bond donors (Lipinski definition) is 1. The highest BCUT2D eigenvalue weighted by molar-refractivity contribution is 6.32. The summed E-state index contributed by atoms with van der Waals surface area (Å²) in [5.74, 6) is -1.36. The van der Waals surface area contributed by atoms with Crippen LogP contribution >= 0.6 is 23.2 Å². The minimum absolute atomic E-state index is 0.0107. The Hall–Kier alpha value is -0.940. The largest absolute Gasteiger partial charge is 0.481 e. The van der Waals surface area contributed by atoms with Crippen LogP contribution in [0.2, 0.25) is 5.02 Å². The fourth-order valence-corrected chi connectivity index (χ4v) is 1.81. The van der Waals surface area contributed by atoms with E-state index in [2.05, 4.69) is 4.98 Å². The number of halogens is 4. The first-order valence-corrected chi connectivity index (χ1v) is 5.11. The Kier molecular flexibility index (Phi) is 4.44. The maximum atomic E-state index is 12.6. The molecule has 88 valence electrons. The van der Waals surface area contributed by atoms with Crippen molar-refractivity contribution < 1.29 is 18.7 Å². The molecule has 0 aliphatic rings. The van der Waals surface area contributed by atoms with Gasteiger partial charge in [-0.2, -0.15) is 0 Å². The number of rotatable bonds is 4. The molecular formula is C9H7Cl2F2NO2. The highest BCUT2D eigenvalue weighted by atomic mass is 35.5. The van der Waals surface area contributed by atoms with Gasteiger partial charge in [0, 0.05) is 10.6 Å². The lowest BCUT2D eigenvalue weighted by atomic mass is 10.1. The van der Waals surface area contributed by atoms with Gasteiger partial charge in [-0.1, -0.05) is 11.6 Å². The zero-order chi connectivity index (χ0) is 12.3. The van der Waals surface area contributed by atoms with E-state index in [1.165, 1.54) is 6.07 Å². The summed E-state index contributed by atoms with van der Waals surface area (Å²) in [4.78, 5) is 14.0. The number of nitrogens with zero attached hydrogens (tertiary/aromatic N) is 1. The Morgan fingerprint density at radius 1 is 1.56 bits per heavy atom. The van der Waals surface area contributed by atoms with Crippen molar-refractivity contribution in [2.75, 3.05) is 0 Å². The number of aliphatic carboxylic acids is 1. The molecule has 0 radical (unpaired) electrons. The SMILES string of the molecule is O=C(O)Cc1cc(Cl)c(CCl)c(C(F)F)n1. The van der Waals surface area contributed by atoms with Gasteiger partial charge in [0.25, 0.3) is 6.43 Å². The number of carbonyl (C=O) groups is 1. The fourth-order valence-electron chi connectivity index (χ4n) is 1.17. The Morgan fingerprint density at radius 2 is 2.19 bits per heavy atom. The van der Waals surface area contributed by atoms with E-state index < -0.39 is 24.5 Å². The average Bonchev–Trinajstić information content (AvgIpc) is 2.15. The molecule has 0 aliphatic carbocycles. The highest BCUT2D eigenvalue weighted by Crippen LogP contribution is 2.29. The van der Waals surface area contributed by atoms with Crippen LogP contribution in [0.25, 0.3) is 0 Å². The van der Waals surface area contributed by atoms with Crippen molar-refractivity contribution in [1.29, 1.82) is 0 Å². The normalized spacial score (nSPS) is 10.8. The second kappa shape index (κ2) is 5.41. The highest BCUT2D eigenvalue weighted by Gasteiger charge is 2.19. The van der Waals surface area contributed by atoms with Gasteiger partial charge in [0.2, 0.25) is 0 Å². The number of alkyl halides is 3. The number of pyridine rings is 1. The summed E-state index contributed by atoms with van der Waals surface area (Å²) in [6, 6.07) is 1.24. The molecular weight excluding hydrogens is 263 g/mol. The van der Waals surface area contributed by atoms with Crippen LogP contribution < -0.4 is 0 Å². The van der Waals surface area contributed by atoms with Gasteiger partial charge in [-0.05, 0) is 6.07 Å². The predicted molar refractivity (Wildman–Crippen MR) is 55.1 cm³/mol. The maximum absolute atomic E-state index is 12.6. The molecule has 0 aliphatic heterocycles. The standard InChI is InChI=1S/C9H7Cl2F2NO2/c10-3-5-6(11)1-4(2-7(15)16)14-8(5)9(12)13/h1,9H,2-3H2,(H,15,16). The Morgan fingerprint density at radius 3 is 2.62 bits per heavy atom. The lowest BCUT2D eigenvalue weighted by Crippen LogP contribution is -2.07. The third kappa shape index (κ3) is 3.02. The van der Waals surface area contributed by atoms with Gasteiger partial charge in [-0.3, -0.25) is 9.78 Å². The summed E-state index contributed by atoms with van der Waals surface area (Å²) < 4.78 is 25.2. The third-order valence-corrected chi connectivity index (χ3v) is 2.43. The fraction of sp³-hybridized carbons (Fsp3) is 0.333. The van der Waals surface area contributed by atoms with E-state index in [1.807, 2.05) is 0 Å². The second-order valence-corrected chi connectivity index (χ2v) is 3.64. The van der Waals surface area contributed by atoms with Crippen molar-refractivity contribution in [3.05, 3.63) is 28.0 Å². The molecule has 0 saturated carbocycles. The minimum atomic E-state index is -2.83. The summed E-state index contributed by atoms with van der Waals surface area (Å²) in [5, 5.41) is 8.53. The van der Waals surface area contributed by atoms with E-state index in [-0.39, 0.29) is 22.2 Å². The van der Waals surface area contributed by atoms with Gasteiger partial charge >= 0.3 is 5.97 Å². The van der Waals surface area contributed by atoms with E-state index in [1.54, 1.807) is 0 Å². The van der Waals surface area contributed by atoms with Crippen LogP contribution in [0.15, 0.2) is 6.07 Å². The molecule has 1 N–H and O–H groups in total. The molecule has 16 heavy (non-hydrogen) atoms. The van der Waals surface area contributed by atoms with Crippen molar-refractivity contribution in [2.24, 2.45) is 0 Å². The van der Waals surface area contributed by atoms with Crippen molar-refractivity contribution in [2.45, 2.75) is 18.7 Å². The van der Waals surface area contributed by atoms with Crippen molar-refractivity contribution in [3.8, 4) is 0 Å². The minimum Gasteiger partial charge on any atom is -0.481 e. The van der Waals surface area contributed by atoms with Gasteiger partial charge in [0.1, 0.15) is 5.69 Å². The third-order valence-electron chi connectivity index (χ3n) is 1.83. The van der Waals surface area contributed by atoms with Crippen LogP contribution in [0.5, 0.6) is 0 Å². The van der Waals surface area contributed by atoms with E-state index in [4.69, 9.17) is 28.3 Å².